The molecule has 4 rings (SSSR count). The maximum absolute atomic E-state index is 13.2. The lowest BCUT2D eigenvalue weighted by molar-refractivity contribution is -0.113. The highest BCUT2D eigenvalue weighted by molar-refractivity contribution is 9.10. The van der Waals surface area contributed by atoms with Crippen LogP contribution in [-0.2, 0) is 17.8 Å². The summed E-state index contributed by atoms with van der Waals surface area (Å²) in [6.45, 7) is 6.75. The van der Waals surface area contributed by atoms with Crippen LogP contribution in [0.4, 0.5) is 5.69 Å². The Labute approximate surface area is 223 Å². The second-order valence-corrected chi connectivity index (χ2v) is 10.3. The monoisotopic (exact) mass is 565 g/mol. The molecule has 7 heteroatoms. The van der Waals surface area contributed by atoms with Gasteiger partial charge in [-0.05, 0) is 66.9 Å². The largest absolute Gasteiger partial charge is 0.490 e. The van der Waals surface area contributed by atoms with Crippen LogP contribution in [0.15, 0.2) is 88.8 Å². The highest BCUT2D eigenvalue weighted by Gasteiger charge is 2.33. The van der Waals surface area contributed by atoms with Crippen molar-refractivity contribution in [3.8, 4) is 11.5 Å². The predicted octanol–water partition coefficient (Wildman–Crippen LogP) is 7.56. The second-order valence-electron chi connectivity index (χ2n) is 7.70. The Bertz CT molecular complexity index is 1270. The number of halogens is 1. The summed E-state index contributed by atoms with van der Waals surface area (Å²) in [6.07, 6.45) is 4.29. The van der Waals surface area contributed by atoms with Gasteiger partial charge in [-0.1, -0.05) is 76.3 Å². The number of anilines is 1. The molecule has 3 aromatic rings. The van der Waals surface area contributed by atoms with Crippen molar-refractivity contribution in [2.75, 3.05) is 11.5 Å². The lowest BCUT2D eigenvalue weighted by atomic mass is 10.0. The van der Waals surface area contributed by atoms with Crippen LogP contribution in [0.1, 0.15) is 23.6 Å². The Balaban J connectivity index is 1.66. The average Bonchev–Trinajstić information content (AvgIpc) is 3.13. The number of ether oxygens (including phenoxy) is 2. The highest BCUT2D eigenvalue weighted by Crippen LogP contribution is 2.39. The molecule has 4 nitrogen and oxygen atoms in total. The zero-order valence-corrected chi connectivity index (χ0v) is 22.4. The first-order valence-electron chi connectivity index (χ1n) is 11.1. The SMILES string of the molecule is C=CCc1cc(/C=C2/SC(=S)N(c3ccc(Br)cc3)C2=O)cc(OCC)c1OCc1ccccc1. The van der Waals surface area contributed by atoms with E-state index in [-0.39, 0.29) is 5.91 Å². The number of hydrogen-bond donors (Lipinski definition) is 0. The van der Waals surface area contributed by atoms with Crippen molar-refractivity contribution >= 4 is 61.9 Å². The Morgan fingerprint density at radius 3 is 2.51 bits per heavy atom. The summed E-state index contributed by atoms with van der Waals surface area (Å²) in [5.41, 5.74) is 3.59. The molecule has 0 aromatic heterocycles. The topological polar surface area (TPSA) is 38.8 Å². The molecule has 0 unspecified atom stereocenters. The Hall–Kier alpha value is -2.87. The van der Waals surface area contributed by atoms with Crippen molar-refractivity contribution in [3.63, 3.8) is 0 Å². The standard InChI is InChI=1S/C28H24BrNO3S2/c1-3-8-21-15-20(16-24(32-4-2)26(21)33-18-19-9-6-5-7-10-19)17-25-27(31)30(28(34)35-25)23-13-11-22(29)12-14-23/h3,5-7,9-17H,1,4,8,18H2,2H3/b25-17+. The first-order chi connectivity index (χ1) is 17.0. The molecular formula is C28H24BrNO3S2. The van der Waals surface area contributed by atoms with Gasteiger partial charge in [-0.2, -0.15) is 0 Å². The van der Waals surface area contributed by atoms with Crippen LogP contribution in [0.3, 0.4) is 0 Å². The summed E-state index contributed by atoms with van der Waals surface area (Å²) in [5.74, 6) is 1.18. The number of nitrogens with zero attached hydrogens (tertiary/aromatic N) is 1. The van der Waals surface area contributed by atoms with Gasteiger partial charge in [0, 0.05) is 10.0 Å². The van der Waals surface area contributed by atoms with Gasteiger partial charge in [-0.15, -0.1) is 6.58 Å². The Morgan fingerprint density at radius 1 is 1.09 bits per heavy atom. The zero-order chi connectivity index (χ0) is 24.8. The van der Waals surface area contributed by atoms with E-state index in [0.29, 0.717) is 40.4 Å². The molecule has 0 aliphatic carbocycles. The van der Waals surface area contributed by atoms with Gasteiger partial charge >= 0.3 is 0 Å². The number of rotatable bonds is 9. The van der Waals surface area contributed by atoms with E-state index in [1.165, 1.54) is 11.8 Å². The average molecular weight is 567 g/mol. The Kier molecular flexibility index (Phi) is 8.44. The number of carbonyl (C=O) groups is 1. The molecular weight excluding hydrogens is 542 g/mol. The minimum absolute atomic E-state index is 0.144. The van der Waals surface area contributed by atoms with E-state index in [9.17, 15) is 4.79 Å². The van der Waals surface area contributed by atoms with Crippen molar-refractivity contribution in [2.45, 2.75) is 20.0 Å². The molecule has 1 amide bonds. The van der Waals surface area contributed by atoms with Gasteiger partial charge in [0.15, 0.2) is 15.8 Å². The molecule has 0 spiro atoms. The normalized spacial score (nSPS) is 14.5. The van der Waals surface area contributed by atoms with E-state index in [2.05, 4.69) is 22.5 Å². The minimum Gasteiger partial charge on any atom is -0.490 e. The Morgan fingerprint density at radius 2 is 1.83 bits per heavy atom. The number of thioether (sulfide) groups is 1. The molecule has 0 saturated carbocycles. The number of thiocarbonyl (C=S) groups is 1. The van der Waals surface area contributed by atoms with Gasteiger partial charge in [0.2, 0.25) is 0 Å². The fourth-order valence-electron chi connectivity index (χ4n) is 3.66. The lowest BCUT2D eigenvalue weighted by Crippen LogP contribution is -2.27. The number of allylic oxidation sites excluding steroid dienone is 1. The van der Waals surface area contributed by atoms with Crippen LogP contribution in [0.25, 0.3) is 6.08 Å². The first kappa shape index (κ1) is 25.2. The van der Waals surface area contributed by atoms with E-state index in [4.69, 9.17) is 21.7 Å². The van der Waals surface area contributed by atoms with Gasteiger partial charge in [0.1, 0.15) is 6.61 Å². The fraction of sp³-hybridized carbons (Fsp3) is 0.143. The second kappa shape index (κ2) is 11.7. The number of carbonyl (C=O) groups excluding carboxylic acids is 1. The summed E-state index contributed by atoms with van der Waals surface area (Å²) in [7, 11) is 0. The number of benzene rings is 3. The molecule has 0 atom stereocenters. The predicted molar refractivity (Wildman–Crippen MR) is 152 cm³/mol. The number of hydrogen-bond acceptors (Lipinski definition) is 5. The molecule has 3 aromatic carbocycles. The van der Waals surface area contributed by atoms with E-state index < -0.39 is 0 Å². The van der Waals surface area contributed by atoms with Gasteiger partial charge in [0.25, 0.3) is 5.91 Å². The van der Waals surface area contributed by atoms with Crippen LogP contribution < -0.4 is 14.4 Å². The van der Waals surface area contributed by atoms with E-state index in [1.807, 2.05) is 85.8 Å². The van der Waals surface area contributed by atoms with Crippen molar-refractivity contribution in [1.29, 1.82) is 0 Å². The number of amides is 1. The van der Waals surface area contributed by atoms with Crippen molar-refractivity contribution in [3.05, 3.63) is 105 Å². The quantitative estimate of drug-likeness (QED) is 0.152. The molecule has 0 bridgehead atoms. The smallest absolute Gasteiger partial charge is 0.270 e. The molecule has 1 aliphatic rings. The summed E-state index contributed by atoms with van der Waals surface area (Å²) in [6, 6.07) is 21.4. The molecule has 0 radical (unpaired) electrons. The van der Waals surface area contributed by atoms with Gasteiger partial charge in [-0.3, -0.25) is 9.69 Å². The van der Waals surface area contributed by atoms with Crippen LogP contribution in [0.2, 0.25) is 0 Å². The van der Waals surface area contributed by atoms with E-state index in [0.717, 1.165) is 26.9 Å². The molecule has 1 fully saturated rings. The fourth-order valence-corrected chi connectivity index (χ4v) is 5.23. The van der Waals surface area contributed by atoms with Gasteiger partial charge in [0.05, 0.1) is 17.2 Å². The van der Waals surface area contributed by atoms with Crippen LogP contribution in [-0.4, -0.2) is 16.8 Å². The van der Waals surface area contributed by atoms with E-state index >= 15 is 0 Å². The first-order valence-corrected chi connectivity index (χ1v) is 13.1. The molecule has 1 heterocycles. The van der Waals surface area contributed by atoms with Crippen LogP contribution >= 0.6 is 39.9 Å². The maximum Gasteiger partial charge on any atom is 0.270 e. The van der Waals surface area contributed by atoms with Gasteiger partial charge in [-0.25, -0.2) is 0 Å². The van der Waals surface area contributed by atoms with Crippen molar-refractivity contribution < 1.29 is 14.3 Å². The molecule has 178 valence electrons. The molecule has 1 saturated heterocycles. The summed E-state index contributed by atoms with van der Waals surface area (Å²) in [4.78, 5) is 15.3. The van der Waals surface area contributed by atoms with Gasteiger partial charge < -0.3 is 9.47 Å². The van der Waals surface area contributed by atoms with Crippen molar-refractivity contribution in [2.24, 2.45) is 0 Å². The minimum atomic E-state index is -0.144. The molecule has 35 heavy (non-hydrogen) atoms. The summed E-state index contributed by atoms with van der Waals surface area (Å²) in [5, 5.41) is 0. The molecule has 0 N–H and O–H groups in total. The third-order valence-electron chi connectivity index (χ3n) is 5.22. The maximum atomic E-state index is 13.2. The van der Waals surface area contributed by atoms with E-state index in [1.54, 1.807) is 4.90 Å². The zero-order valence-electron chi connectivity index (χ0n) is 19.2. The van der Waals surface area contributed by atoms with Crippen LogP contribution in [0, 0.1) is 0 Å². The van der Waals surface area contributed by atoms with Crippen LogP contribution in [0.5, 0.6) is 11.5 Å². The molecule has 1 aliphatic heterocycles. The third-order valence-corrected chi connectivity index (χ3v) is 7.05. The van der Waals surface area contributed by atoms with Crippen molar-refractivity contribution in [1.82, 2.24) is 0 Å². The third kappa shape index (κ3) is 6.04. The summed E-state index contributed by atoms with van der Waals surface area (Å²) >= 11 is 10.2. The summed E-state index contributed by atoms with van der Waals surface area (Å²) < 4.78 is 13.6. The highest BCUT2D eigenvalue weighted by atomic mass is 79.9. The lowest BCUT2D eigenvalue weighted by Gasteiger charge is -2.17.